The van der Waals surface area contributed by atoms with Crippen molar-refractivity contribution in [2.24, 2.45) is 5.11 Å². The summed E-state index contributed by atoms with van der Waals surface area (Å²) in [7, 11) is 0. The van der Waals surface area contributed by atoms with Crippen LogP contribution in [0.3, 0.4) is 0 Å². The maximum absolute atomic E-state index is 11.5. The molecule has 0 amide bonds. The summed E-state index contributed by atoms with van der Waals surface area (Å²) >= 11 is 0. The van der Waals surface area contributed by atoms with Gasteiger partial charge in [-0.05, 0) is 11.6 Å². The number of nitrogens with zero attached hydrogens (tertiary/aromatic N) is 5. The van der Waals surface area contributed by atoms with Gasteiger partial charge in [0.05, 0.1) is 11.7 Å². The van der Waals surface area contributed by atoms with Gasteiger partial charge in [-0.25, -0.2) is 0 Å². The molecule has 0 radical (unpaired) electrons. The molecule has 0 atom stereocenters. The molecule has 0 bridgehead atoms. The van der Waals surface area contributed by atoms with Gasteiger partial charge in [0, 0.05) is 10.3 Å². The van der Waals surface area contributed by atoms with E-state index in [1.54, 1.807) is 12.3 Å². The zero-order chi connectivity index (χ0) is 10.7. The predicted octanol–water partition coefficient (Wildman–Crippen LogP) is 1.99. The first-order valence-corrected chi connectivity index (χ1v) is 4.30. The van der Waals surface area contributed by atoms with Crippen LogP contribution in [0.2, 0.25) is 0 Å². The molecule has 6 heteroatoms. The second kappa shape index (κ2) is 3.81. The summed E-state index contributed by atoms with van der Waals surface area (Å²) in [5.74, 6) is -0.339. The van der Waals surface area contributed by atoms with E-state index in [0.717, 1.165) is 10.9 Å². The first-order valence-electron chi connectivity index (χ1n) is 4.30. The van der Waals surface area contributed by atoms with Crippen LogP contribution in [0, 0.1) is 0 Å². The van der Waals surface area contributed by atoms with Crippen molar-refractivity contribution < 1.29 is 4.79 Å². The zero-order valence-electron chi connectivity index (χ0n) is 7.74. The minimum atomic E-state index is -0.339. The van der Waals surface area contributed by atoms with Gasteiger partial charge in [0.1, 0.15) is 6.54 Å². The van der Waals surface area contributed by atoms with E-state index in [4.69, 9.17) is 5.53 Å². The molecular formula is C9H7N5O. The largest absolute Gasteiger partial charge is 0.272 e. The number of rotatable bonds is 2. The minimum absolute atomic E-state index is 0.220. The number of carbonyl (C=O) groups excluding carboxylic acids is 1. The smallest absolute Gasteiger partial charge is 0.253 e. The van der Waals surface area contributed by atoms with Crippen LogP contribution < -0.4 is 0 Å². The topological polar surface area (TPSA) is 83.7 Å². The molecular weight excluding hydrogens is 194 g/mol. The highest BCUT2D eigenvalue weighted by molar-refractivity contribution is 5.91. The van der Waals surface area contributed by atoms with E-state index in [1.165, 1.54) is 4.68 Å². The molecule has 0 aliphatic carbocycles. The van der Waals surface area contributed by atoms with Gasteiger partial charge in [-0.2, -0.15) is 9.78 Å². The Kier molecular flexibility index (Phi) is 2.35. The van der Waals surface area contributed by atoms with Gasteiger partial charge in [0.15, 0.2) is 0 Å². The van der Waals surface area contributed by atoms with Gasteiger partial charge in [-0.1, -0.05) is 23.3 Å². The van der Waals surface area contributed by atoms with E-state index >= 15 is 0 Å². The molecule has 0 spiro atoms. The highest BCUT2D eigenvalue weighted by Crippen LogP contribution is 2.12. The molecule has 0 aliphatic rings. The van der Waals surface area contributed by atoms with Crippen molar-refractivity contribution in [3.63, 3.8) is 0 Å². The van der Waals surface area contributed by atoms with Gasteiger partial charge in [-0.15, -0.1) is 0 Å². The fourth-order valence-electron chi connectivity index (χ4n) is 1.33. The number of hydrogen-bond donors (Lipinski definition) is 0. The molecule has 0 aliphatic heterocycles. The number of azide groups is 1. The predicted molar refractivity (Wildman–Crippen MR) is 54.4 cm³/mol. The molecule has 0 unspecified atom stereocenters. The lowest BCUT2D eigenvalue weighted by molar-refractivity contribution is 0.0914. The van der Waals surface area contributed by atoms with Crippen LogP contribution in [-0.4, -0.2) is 22.2 Å². The molecule has 15 heavy (non-hydrogen) atoms. The monoisotopic (exact) mass is 201 g/mol. The first-order chi connectivity index (χ1) is 7.33. The zero-order valence-corrected chi connectivity index (χ0v) is 7.74. The normalized spacial score (nSPS) is 9.87. The fourth-order valence-corrected chi connectivity index (χ4v) is 1.33. The molecule has 1 heterocycles. The Labute approximate surface area is 84.7 Å². The number of benzene rings is 1. The molecule has 2 aromatic rings. The Morgan fingerprint density at radius 2 is 2.33 bits per heavy atom. The Balaban J connectivity index is 2.43. The fraction of sp³-hybridized carbons (Fsp3) is 0.111. The van der Waals surface area contributed by atoms with Crippen LogP contribution in [0.15, 0.2) is 35.6 Å². The van der Waals surface area contributed by atoms with E-state index in [1.807, 2.05) is 18.2 Å². The Morgan fingerprint density at radius 1 is 1.53 bits per heavy atom. The van der Waals surface area contributed by atoms with Crippen LogP contribution in [0.4, 0.5) is 0 Å². The van der Waals surface area contributed by atoms with Gasteiger partial charge < -0.3 is 0 Å². The van der Waals surface area contributed by atoms with Crippen molar-refractivity contribution >= 4 is 16.8 Å². The molecule has 0 N–H and O–H groups in total. The molecule has 0 fully saturated rings. The number of aromatic nitrogens is 2. The lowest BCUT2D eigenvalue weighted by atomic mass is 10.2. The van der Waals surface area contributed by atoms with Crippen LogP contribution in [0.5, 0.6) is 0 Å². The van der Waals surface area contributed by atoms with Crippen molar-refractivity contribution in [3.8, 4) is 0 Å². The van der Waals surface area contributed by atoms with E-state index in [2.05, 4.69) is 15.1 Å². The number of carbonyl (C=O) groups is 1. The standard InChI is InChI=1S/C9H7N5O/c10-13-11-6-9(15)14-8-4-2-1-3-7(8)5-12-14/h1-5H,6H2. The van der Waals surface area contributed by atoms with E-state index in [9.17, 15) is 4.79 Å². The summed E-state index contributed by atoms with van der Waals surface area (Å²) in [6.07, 6.45) is 1.60. The SMILES string of the molecule is [N-]=[N+]=NCC(=O)n1ncc2ccccc21. The summed E-state index contributed by atoms with van der Waals surface area (Å²) in [5.41, 5.74) is 8.82. The summed E-state index contributed by atoms with van der Waals surface area (Å²) < 4.78 is 1.24. The summed E-state index contributed by atoms with van der Waals surface area (Å²) in [6, 6.07) is 7.34. The van der Waals surface area contributed by atoms with E-state index in [-0.39, 0.29) is 12.5 Å². The average Bonchev–Trinajstić information content (AvgIpc) is 2.69. The third kappa shape index (κ3) is 1.66. The van der Waals surface area contributed by atoms with Gasteiger partial charge in [0.25, 0.3) is 5.91 Å². The number of fused-ring (bicyclic) bond motifs is 1. The number of hydrogen-bond acceptors (Lipinski definition) is 3. The quantitative estimate of drug-likeness (QED) is 0.422. The molecule has 74 valence electrons. The van der Waals surface area contributed by atoms with Crippen LogP contribution >= 0.6 is 0 Å². The molecule has 1 aromatic heterocycles. The van der Waals surface area contributed by atoms with Crippen molar-refractivity contribution in [3.05, 3.63) is 40.9 Å². The molecule has 0 saturated heterocycles. The maximum Gasteiger partial charge on any atom is 0.253 e. The van der Waals surface area contributed by atoms with E-state index < -0.39 is 0 Å². The maximum atomic E-state index is 11.5. The van der Waals surface area contributed by atoms with Crippen molar-refractivity contribution in [1.29, 1.82) is 0 Å². The Bertz CT molecular complexity index is 552. The van der Waals surface area contributed by atoms with E-state index in [0.29, 0.717) is 0 Å². The second-order valence-corrected chi connectivity index (χ2v) is 2.90. The van der Waals surface area contributed by atoms with Gasteiger partial charge in [0.2, 0.25) is 0 Å². The highest BCUT2D eigenvalue weighted by Gasteiger charge is 2.08. The van der Waals surface area contributed by atoms with Crippen molar-refractivity contribution in [2.75, 3.05) is 6.54 Å². The third-order valence-corrected chi connectivity index (χ3v) is 1.98. The van der Waals surface area contributed by atoms with Crippen molar-refractivity contribution in [2.45, 2.75) is 0 Å². The second-order valence-electron chi connectivity index (χ2n) is 2.90. The minimum Gasteiger partial charge on any atom is -0.272 e. The summed E-state index contributed by atoms with van der Waals surface area (Å²) in [6.45, 7) is -0.220. The van der Waals surface area contributed by atoms with Crippen LogP contribution in [-0.2, 0) is 0 Å². The highest BCUT2D eigenvalue weighted by atomic mass is 16.2. The summed E-state index contributed by atoms with van der Waals surface area (Å²) in [5, 5.41) is 8.02. The van der Waals surface area contributed by atoms with Crippen LogP contribution in [0.25, 0.3) is 21.3 Å². The number of para-hydroxylation sites is 1. The molecule has 2 rings (SSSR count). The Hall–Kier alpha value is -2.33. The van der Waals surface area contributed by atoms with Crippen LogP contribution in [0.1, 0.15) is 4.79 Å². The average molecular weight is 201 g/mol. The van der Waals surface area contributed by atoms with Crippen molar-refractivity contribution in [1.82, 2.24) is 9.78 Å². The molecule has 1 aromatic carbocycles. The lowest BCUT2D eigenvalue weighted by Crippen LogP contribution is -2.14. The lowest BCUT2D eigenvalue weighted by Gasteiger charge is -1.97. The van der Waals surface area contributed by atoms with Gasteiger partial charge >= 0.3 is 0 Å². The molecule has 0 saturated carbocycles. The first kappa shape index (κ1) is 9.23. The summed E-state index contributed by atoms with van der Waals surface area (Å²) in [4.78, 5) is 14.0. The Morgan fingerprint density at radius 3 is 3.13 bits per heavy atom. The molecule has 6 nitrogen and oxygen atoms in total. The van der Waals surface area contributed by atoms with Gasteiger partial charge in [-0.3, -0.25) is 4.79 Å². The third-order valence-electron chi connectivity index (χ3n) is 1.98.